The third kappa shape index (κ3) is 5.63. The molecular weight excluding hydrogens is 645 g/mol. The van der Waals surface area contributed by atoms with Crippen LogP contribution in [0.2, 0.25) is 0 Å². The molecule has 0 unspecified atom stereocenters. The third-order valence-corrected chi connectivity index (χ3v) is 12.3. The van der Waals surface area contributed by atoms with Crippen LogP contribution in [-0.2, 0) is 29.3 Å². The Hall–Kier alpha value is -2.97. The van der Waals surface area contributed by atoms with E-state index in [2.05, 4.69) is 5.32 Å². The predicted molar refractivity (Wildman–Crippen MR) is 161 cm³/mol. The molecule has 0 bridgehead atoms. The van der Waals surface area contributed by atoms with Gasteiger partial charge in [0.05, 0.1) is 24.0 Å². The fourth-order valence-corrected chi connectivity index (χ4v) is 8.79. The molecule has 5 heterocycles. The topological polar surface area (TPSA) is 157 Å². The molecule has 1 aliphatic carbocycles. The van der Waals surface area contributed by atoms with Gasteiger partial charge in [0.2, 0.25) is 17.7 Å². The zero-order valence-corrected chi connectivity index (χ0v) is 26.6. The Kier molecular flexibility index (Phi) is 7.99. The van der Waals surface area contributed by atoms with Crippen molar-refractivity contribution in [2.45, 2.75) is 55.9 Å². The Morgan fingerprint density at radius 1 is 0.957 bits per heavy atom. The van der Waals surface area contributed by atoms with Crippen LogP contribution in [0.4, 0.5) is 8.78 Å². The van der Waals surface area contributed by atoms with Crippen molar-refractivity contribution in [3.05, 3.63) is 34.7 Å². The quantitative estimate of drug-likeness (QED) is 0.393. The predicted octanol–water partition coefficient (Wildman–Crippen LogP) is 2.33. The maximum absolute atomic E-state index is 14.3. The van der Waals surface area contributed by atoms with Crippen LogP contribution < -0.4 is 5.32 Å². The van der Waals surface area contributed by atoms with Crippen molar-refractivity contribution in [3.63, 3.8) is 0 Å². The van der Waals surface area contributed by atoms with E-state index in [1.54, 1.807) is 14.7 Å². The summed E-state index contributed by atoms with van der Waals surface area (Å²) in [5.41, 5.74) is -5.24. The number of rotatable bonds is 6. The number of nitrogens with zero attached hydrogens (tertiary/aromatic N) is 3. The zero-order chi connectivity index (χ0) is 32.5. The van der Waals surface area contributed by atoms with Crippen LogP contribution >= 0.6 is 18.9 Å². The summed E-state index contributed by atoms with van der Waals surface area (Å²) in [5, 5.41) is 3.08. The largest absolute Gasteiger partial charge is 0.399 e. The Bertz CT molecular complexity index is 1640. The van der Waals surface area contributed by atoms with Crippen LogP contribution in [0.3, 0.4) is 0 Å². The molecule has 248 valence electrons. The van der Waals surface area contributed by atoms with Crippen LogP contribution in [-0.4, -0.2) is 106 Å². The minimum absolute atomic E-state index is 0.0500. The summed E-state index contributed by atoms with van der Waals surface area (Å²) in [5.74, 6) is -0.359. The first-order valence-corrected chi connectivity index (χ1v) is 18.0. The fraction of sp³-hybridized carbons (Fsp3) is 0.600. The highest BCUT2D eigenvalue weighted by Crippen LogP contribution is 2.59. The van der Waals surface area contributed by atoms with Crippen LogP contribution in [0.25, 0.3) is 10.1 Å². The van der Waals surface area contributed by atoms with Gasteiger partial charge in [0.15, 0.2) is 0 Å². The maximum Gasteiger partial charge on any atom is 0.399 e. The number of hydrogen-bond acceptors (Lipinski definition) is 7. The van der Waals surface area contributed by atoms with Gasteiger partial charge in [-0.1, -0.05) is 6.07 Å². The van der Waals surface area contributed by atoms with Gasteiger partial charge < -0.3 is 34.5 Å². The first-order chi connectivity index (χ1) is 21.8. The van der Waals surface area contributed by atoms with Gasteiger partial charge in [0.1, 0.15) is 12.1 Å². The highest BCUT2D eigenvalue weighted by Gasteiger charge is 2.52. The molecule has 46 heavy (non-hydrogen) atoms. The smallest absolute Gasteiger partial charge is 0.380 e. The number of ether oxygens (including phenoxy) is 1. The Balaban J connectivity index is 1.05. The molecule has 3 N–H and O–H groups in total. The van der Waals surface area contributed by atoms with Crippen molar-refractivity contribution in [2.24, 2.45) is 17.8 Å². The van der Waals surface area contributed by atoms with Crippen LogP contribution in [0, 0.1) is 17.8 Å². The normalized spacial score (nSPS) is 28.7. The summed E-state index contributed by atoms with van der Waals surface area (Å²) in [6.07, 6.45) is 3.44. The number of amides is 4. The number of fused-ring (bicyclic) bond motifs is 3. The average molecular weight is 681 g/mol. The second-order valence-electron chi connectivity index (χ2n) is 13.1. The van der Waals surface area contributed by atoms with E-state index in [-0.39, 0.29) is 45.9 Å². The molecule has 1 aromatic carbocycles. The molecule has 5 atom stereocenters. The number of carbonyl (C=O) groups is 4. The number of benzene rings is 1. The van der Waals surface area contributed by atoms with Gasteiger partial charge in [-0.3, -0.25) is 23.7 Å². The zero-order valence-electron chi connectivity index (χ0n) is 24.8. The van der Waals surface area contributed by atoms with E-state index >= 15 is 0 Å². The van der Waals surface area contributed by atoms with Gasteiger partial charge >= 0.3 is 13.3 Å². The molecule has 7 rings (SSSR count). The minimum Gasteiger partial charge on any atom is -0.380 e. The number of carbonyl (C=O) groups excluding carboxylic acids is 4. The maximum atomic E-state index is 14.3. The van der Waals surface area contributed by atoms with Crippen LogP contribution in [0.15, 0.2) is 24.3 Å². The molecule has 4 aliphatic heterocycles. The van der Waals surface area contributed by atoms with E-state index < -0.39 is 36.8 Å². The number of piperazine rings is 1. The number of nitrogens with one attached hydrogen (secondary N) is 1. The molecule has 0 spiro atoms. The number of alkyl halides is 2. The van der Waals surface area contributed by atoms with Gasteiger partial charge in [-0.05, 0) is 67.5 Å². The molecule has 1 aromatic heterocycles. The lowest BCUT2D eigenvalue weighted by Gasteiger charge is -2.41. The molecule has 16 heteroatoms. The summed E-state index contributed by atoms with van der Waals surface area (Å²) in [7, 11) is -5.76. The van der Waals surface area contributed by atoms with Crippen molar-refractivity contribution in [1.82, 2.24) is 20.0 Å². The summed E-state index contributed by atoms with van der Waals surface area (Å²) in [6.45, 7) is 2.50. The summed E-state index contributed by atoms with van der Waals surface area (Å²) >= 11 is 1.02. The van der Waals surface area contributed by atoms with E-state index in [1.807, 2.05) is 0 Å². The summed E-state index contributed by atoms with van der Waals surface area (Å²) in [4.78, 5) is 77.5. The highest BCUT2D eigenvalue weighted by molar-refractivity contribution is 7.52. The Morgan fingerprint density at radius 3 is 2.28 bits per heavy atom. The Morgan fingerprint density at radius 2 is 1.63 bits per heavy atom. The number of halogens is 2. The van der Waals surface area contributed by atoms with Crippen LogP contribution in [0.5, 0.6) is 0 Å². The standard InChI is InChI=1S/C30H35F2N4O8PS/c31-30(32,45(41,42)43)20-1-4-24-18(10-20)13-25(46-24)26(37)33-22-12-17-9-16(17)11-21-2-3-23(36(21)28(22)39)29(40)35-7-5-34(6-8-35)27(38)19-14-44-15-19/h1,4,10,13,16-17,19,21-23H,2-3,5-9,11-12,14-15H2,(H,33,37)(H2,41,42,43)/t16-,17+,21-,22+,23+/m1/s1. The Labute approximate surface area is 267 Å². The van der Waals surface area contributed by atoms with Crippen LogP contribution in [0.1, 0.15) is 47.3 Å². The molecule has 12 nitrogen and oxygen atoms in total. The van der Waals surface area contributed by atoms with Gasteiger partial charge in [-0.15, -0.1) is 11.3 Å². The van der Waals surface area contributed by atoms with E-state index in [1.165, 1.54) is 12.1 Å². The van der Waals surface area contributed by atoms with Crippen molar-refractivity contribution in [2.75, 3.05) is 39.4 Å². The van der Waals surface area contributed by atoms with E-state index in [0.29, 0.717) is 69.3 Å². The monoisotopic (exact) mass is 680 g/mol. The number of hydrogen-bond donors (Lipinski definition) is 3. The first-order valence-electron chi connectivity index (χ1n) is 15.6. The van der Waals surface area contributed by atoms with E-state index in [0.717, 1.165) is 36.3 Å². The highest BCUT2D eigenvalue weighted by atomic mass is 32.1. The average Bonchev–Trinajstić information content (AvgIpc) is 3.35. The van der Waals surface area contributed by atoms with Gasteiger partial charge in [-0.25, -0.2) is 0 Å². The molecule has 4 amide bonds. The summed E-state index contributed by atoms with van der Waals surface area (Å²) < 4.78 is 45.6. The van der Waals surface area contributed by atoms with E-state index in [9.17, 15) is 32.5 Å². The lowest BCUT2D eigenvalue weighted by atomic mass is 9.99. The lowest BCUT2D eigenvalue weighted by Crippen LogP contribution is -2.60. The first kappa shape index (κ1) is 31.6. The lowest BCUT2D eigenvalue weighted by molar-refractivity contribution is -0.155. The minimum atomic E-state index is -5.76. The molecule has 0 radical (unpaired) electrons. The van der Waals surface area contributed by atoms with Crippen molar-refractivity contribution in [3.8, 4) is 0 Å². The second-order valence-corrected chi connectivity index (χ2v) is 15.8. The summed E-state index contributed by atoms with van der Waals surface area (Å²) in [6, 6.07) is 2.93. The van der Waals surface area contributed by atoms with Gasteiger partial charge in [0.25, 0.3) is 5.91 Å². The number of thiophene rings is 1. The molecule has 2 aromatic rings. The van der Waals surface area contributed by atoms with Gasteiger partial charge in [0, 0.05) is 42.5 Å². The van der Waals surface area contributed by atoms with E-state index in [4.69, 9.17) is 14.5 Å². The van der Waals surface area contributed by atoms with Crippen molar-refractivity contribution < 1.29 is 47.0 Å². The van der Waals surface area contributed by atoms with Crippen molar-refractivity contribution >= 4 is 52.6 Å². The SMILES string of the molecule is O=C(N[C@H]1C[C@@H]2C[C@@H]2C[C@H]2CC[C@@H](C(=O)N3CCN(C(=O)C4COC4)CC3)N2C1=O)c1cc2cc(C(F)(F)P(=O)(O)O)ccc2s1. The molecule has 5 fully saturated rings. The molecular formula is C30H35F2N4O8PS. The molecule has 5 aliphatic rings. The second kappa shape index (κ2) is 11.6. The van der Waals surface area contributed by atoms with Crippen molar-refractivity contribution in [1.29, 1.82) is 0 Å². The fourth-order valence-electron chi connectivity index (χ4n) is 7.37. The third-order valence-electron chi connectivity index (χ3n) is 10.2. The molecule has 1 saturated carbocycles. The van der Waals surface area contributed by atoms with Gasteiger partial charge in [-0.2, -0.15) is 8.78 Å². The molecule has 4 saturated heterocycles.